The molecule has 1 aromatic rings. The fourth-order valence-corrected chi connectivity index (χ4v) is 1.62. The third-order valence-electron chi connectivity index (χ3n) is 2.21. The average molecular weight is 197 g/mol. The molecule has 0 bridgehead atoms. The summed E-state index contributed by atoms with van der Waals surface area (Å²) in [6.07, 6.45) is 0.778. The lowest BCUT2D eigenvalue weighted by Gasteiger charge is -2.04. The number of hydrogen-bond acceptors (Lipinski definition) is 2. The van der Waals surface area contributed by atoms with E-state index in [1.807, 2.05) is 12.1 Å². The number of esters is 1. The summed E-state index contributed by atoms with van der Waals surface area (Å²) in [5, 5.41) is 0.690. The topological polar surface area (TPSA) is 26.3 Å². The summed E-state index contributed by atoms with van der Waals surface area (Å²) >= 11 is 5.74. The zero-order valence-electron chi connectivity index (χ0n) is 7.00. The highest BCUT2D eigenvalue weighted by atomic mass is 35.5. The van der Waals surface area contributed by atoms with E-state index in [2.05, 4.69) is 0 Å². The van der Waals surface area contributed by atoms with Crippen LogP contribution in [0.3, 0.4) is 0 Å². The van der Waals surface area contributed by atoms with Crippen molar-refractivity contribution in [1.29, 1.82) is 0 Å². The lowest BCUT2D eigenvalue weighted by Crippen LogP contribution is -2.04. The predicted molar refractivity (Wildman–Crippen MR) is 49.8 cm³/mol. The summed E-state index contributed by atoms with van der Waals surface area (Å²) in [6, 6.07) is 7.34. The molecule has 1 aliphatic rings. The Kier molecular flexibility index (Phi) is 2.23. The van der Waals surface area contributed by atoms with E-state index in [0.717, 1.165) is 12.0 Å². The van der Waals surface area contributed by atoms with Crippen LogP contribution in [0.25, 0.3) is 0 Å². The molecule has 1 aromatic carbocycles. The molecule has 1 aliphatic heterocycles. The van der Waals surface area contributed by atoms with Crippen molar-refractivity contribution in [1.82, 2.24) is 0 Å². The van der Waals surface area contributed by atoms with Gasteiger partial charge in [-0.15, -0.1) is 0 Å². The highest BCUT2D eigenvalue weighted by molar-refractivity contribution is 6.30. The van der Waals surface area contributed by atoms with Crippen LogP contribution in [0.4, 0.5) is 0 Å². The quantitative estimate of drug-likeness (QED) is 0.645. The first-order valence-electron chi connectivity index (χ1n) is 4.19. The summed E-state index contributed by atoms with van der Waals surface area (Å²) in [6.45, 7) is 0.534. The van der Waals surface area contributed by atoms with E-state index in [0.29, 0.717) is 11.6 Å². The molecule has 0 saturated carbocycles. The van der Waals surface area contributed by atoms with Crippen molar-refractivity contribution in [3.8, 4) is 0 Å². The van der Waals surface area contributed by atoms with Crippen molar-refractivity contribution in [2.75, 3.05) is 6.61 Å². The van der Waals surface area contributed by atoms with E-state index in [-0.39, 0.29) is 11.9 Å². The number of cyclic esters (lactones) is 1. The van der Waals surface area contributed by atoms with Crippen LogP contribution in [0.2, 0.25) is 5.02 Å². The number of hydrogen-bond donors (Lipinski definition) is 0. The average Bonchev–Trinajstić information content (AvgIpc) is 2.53. The highest BCUT2D eigenvalue weighted by Gasteiger charge is 2.27. The Morgan fingerprint density at radius 2 is 2.00 bits per heavy atom. The van der Waals surface area contributed by atoms with Crippen LogP contribution >= 0.6 is 11.6 Å². The van der Waals surface area contributed by atoms with E-state index in [4.69, 9.17) is 16.3 Å². The molecule has 1 saturated heterocycles. The molecular formula is C10H9ClO2. The number of benzene rings is 1. The van der Waals surface area contributed by atoms with E-state index in [9.17, 15) is 4.79 Å². The molecule has 1 atom stereocenters. The molecular weight excluding hydrogens is 188 g/mol. The van der Waals surface area contributed by atoms with Crippen molar-refractivity contribution >= 4 is 17.6 Å². The fourth-order valence-electron chi connectivity index (χ4n) is 1.49. The number of rotatable bonds is 1. The molecule has 2 rings (SSSR count). The van der Waals surface area contributed by atoms with Gasteiger partial charge in [0.05, 0.1) is 12.5 Å². The number of ether oxygens (including phenoxy) is 1. The third kappa shape index (κ3) is 1.68. The largest absolute Gasteiger partial charge is 0.465 e. The first-order valence-corrected chi connectivity index (χ1v) is 4.57. The van der Waals surface area contributed by atoms with Gasteiger partial charge in [0.1, 0.15) is 0 Å². The lowest BCUT2D eigenvalue weighted by molar-refractivity contribution is -0.139. The molecule has 1 fully saturated rings. The van der Waals surface area contributed by atoms with Gasteiger partial charge in [-0.05, 0) is 24.1 Å². The molecule has 0 aliphatic carbocycles. The van der Waals surface area contributed by atoms with E-state index >= 15 is 0 Å². The van der Waals surface area contributed by atoms with Gasteiger partial charge in [-0.1, -0.05) is 23.7 Å². The standard InChI is InChI=1S/C10H9ClO2/c11-8-3-1-7(2-4-8)9-5-6-13-10(9)12/h1-4,9H,5-6H2/t9-/m0/s1. The molecule has 0 spiro atoms. The Labute approximate surface area is 81.5 Å². The zero-order valence-corrected chi connectivity index (χ0v) is 7.75. The molecule has 0 N–H and O–H groups in total. The molecule has 3 heteroatoms. The Hall–Kier alpha value is -1.02. The Bertz CT molecular complexity index is 318. The smallest absolute Gasteiger partial charge is 0.313 e. The zero-order chi connectivity index (χ0) is 9.26. The number of carbonyl (C=O) groups excluding carboxylic acids is 1. The maximum Gasteiger partial charge on any atom is 0.313 e. The second-order valence-electron chi connectivity index (χ2n) is 3.06. The minimum Gasteiger partial charge on any atom is -0.465 e. The minimum atomic E-state index is -0.123. The van der Waals surface area contributed by atoms with Crippen molar-refractivity contribution in [3.63, 3.8) is 0 Å². The normalized spacial score (nSPS) is 21.6. The van der Waals surface area contributed by atoms with Gasteiger partial charge in [0.25, 0.3) is 0 Å². The second kappa shape index (κ2) is 3.38. The summed E-state index contributed by atoms with van der Waals surface area (Å²) in [5.74, 6) is -0.209. The number of halogens is 1. The van der Waals surface area contributed by atoms with Crippen LogP contribution in [-0.2, 0) is 9.53 Å². The van der Waals surface area contributed by atoms with Gasteiger partial charge < -0.3 is 4.74 Å². The van der Waals surface area contributed by atoms with Crippen LogP contribution < -0.4 is 0 Å². The van der Waals surface area contributed by atoms with E-state index in [1.165, 1.54) is 0 Å². The molecule has 0 radical (unpaired) electrons. The first kappa shape index (κ1) is 8.57. The van der Waals surface area contributed by atoms with E-state index in [1.54, 1.807) is 12.1 Å². The minimum absolute atomic E-state index is 0.0859. The van der Waals surface area contributed by atoms with Gasteiger partial charge in [-0.25, -0.2) is 0 Å². The van der Waals surface area contributed by atoms with Crippen LogP contribution in [0.15, 0.2) is 24.3 Å². The van der Waals surface area contributed by atoms with Gasteiger partial charge in [0, 0.05) is 5.02 Å². The van der Waals surface area contributed by atoms with E-state index < -0.39 is 0 Å². The summed E-state index contributed by atoms with van der Waals surface area (Å²) in [7, 11) is 0. The monoisotopic (exact) mass is 196 g/mol. The van der Waals surface area contributed by atoms with Crippen LogP contribution in [0, 0.1) is 0 Å². The third-order valence-corrected chi connectivity index (χ3v) is 2.46. The van der Waals surface area contributed by atoms with Gasteiger partial charge in [-0.2, -0.15) is 0 Å². The molecule has 1 heterocycles. The fraction of sp³-hybridized carbons (Fsp3) is 0.300. The molecule has 0 unspecified atom stereocenters. The maximum absolute atomic E-state index is 11.2. The van der Waals surface area contributed by atoms with Crippen LogP contribution in [-0.4, -0.2) is 12.6 Å². The van der Waals surface area contributed by atoms with Gasteiger partial charge >= 0.3 is 5.97 Å². The maximum atomic E-state index is 11.2. The van der Waals surface area contributed by atoms with Crippen molar-refractivity contribution in [3.05, 3.63) is 34.9 Å². The molecule has 2 nitrogen and oxygen atoms in total. The Morgan fingerprint density at radius 3 is 2.54 bits per heavy atom. The SMILES string of the molecule is O=C1OCC[C@H]1c1ccc(Cl)cc1. The van der Waals surface area contributed by atoms with Crippen molar-refractivity contribution < 1.29 is 9.53 Å². The van der Waals surface area contributed by atoms with Gasteiger partial charge in [0.15, 0.2) is 0 Å². The predicted octanol–water partition coefficient (Wildman–Crippen LogP) is 2.37. The summed E-state index contributed by atoms with van der Waals surface area (Å²) in [4.78, 5) is 11.2. The molecule has 0 amide bonds. The van der Waals surface area contributed by atoms with Crippen molar-refractivity contribution in [2.45, 2.75) is 12.3 Å². The van der Waals surface area contributed by atoms with Crippen LogP contribution in [0.5, 0.6) is 0 Å². The Balaban J connectivity index is 2.25. The Morgan fingerprint density at radius 1 is 1.31 bits per heavy atom. The second-order valence-corrected chi connectivity index (χ2v) is 3.50. The summed E-state index contributed by atoms with van der Waals surface area (Å²) < 4.78 is 4.88. The summed E-state index contributed by atoms with van der Waals surface area (Å²) in [5.41, 5.74) is 0.993. The highest BCUT2D eigenvalue weighted by Crippen LogP contribution is 2.27. The molecule has 0 aromatic heterocycles. The molecule has 68 valence electrons. The first-order chi connectivity index (χ1) is 6.27. The van der Waals surface area contributed by atoms with Crippen LogP contribution in [0.1, 0.15) is 17.9 Å². The lowest BCUT2D eigenvalue weighted by atomic mass is 9.98. The molecule has 13 heavy (non-hydrogen) atoms. The number of carbonyl (C=O) groups is 1. The van der Waals surface area contributed by atoms with Gasteiger partial charge in [-0.3, -0.25) is 4.79 Å². The van der Waals surface area contributed by atoms with Crippen molar-refractivity contribution in [2.24, 2.45) is 0 Å². The van der Waals surface area contributed by atoms with Gasteiger partial charge in [0.2, 0.25) is 0 Å².